The number of rotatable bonds is 10. The molecule has 0 aliphatic carbocycles. The summed E-state index contributed by atoms with van der Waals surface area (Å²) in [7, 11) is 1.69. The van der Waals surface area contributed by atoms with Gasteiger partial charge in [0.05, 0.1) is 26.0 Å². The average molecular weight is 435 g/mol. The van der Waals surface area contributed by atoms with E-state index in [2.05, 4.69) is 25.8 Å². The number of guanidine groups is 1. The predicted molar refractivity (Wildman–Crippen MR) is 121 cm³/mol. The molecule has 0 radical (unpaired) electrons. The molecule has 174 valence electrons. The number of amides is 1. The van der Waals surface area contributed by atoms with Gasteiger partial charge in [0.2, 0.25) is 5.91 Å². The van der Waals surface area contributed by atoms with Gasteiger partial charge >= 0.3 is 0 Å². The SMILES string of the molecule is CNC(=O)CN1CCC(NC(=NCCCN2CCOCC2)NCCc2ccco2)CC1. The number of likely N-dealkylation sites (tertiary alicyclic amines) is 1. The molecule has 0 unspecified atom stereocenters. The van der Waals surface area contributed by atoms with Crippen LogP contribution in [0.2, 0.25) is 0 Å². The van der Waals surface area contributed by atoms with Crippen molar-refractivity contribution in [3.63, 3.8) is 0 Å². The molecule has 3 heterocycles. The zero-order chi connectivity index (χ0) is 21.7. The van der Waals surface area contributed by atoms with Crippen LogP contribution < -0.4 is 16.0 Å². The van der Waals surface area contributed by atoms with Gasteiger partial charge in [-0.25, -0.2) is 0 Å². The van der Waals surface area contributed by atoms with Crippen LogP contribution in [0, 0.1) is 0 Å². The van der Waals surface area contributed by atoms with Crippen LogP contribution in [0.3, 0.4) is 0 Å². The highest BCUT2D eigenvalue weighted by Crippen LogP contribution is 2.10. The van der Waals surface area contributed by atoms with E-state index in [1.807, 2.05) is 12.1 Å². The normalized spacial score (nSPS) is 19.3. The van der Waals surface area contributed by atoms with E-state index in [1.54, 1.807) is 13.3 Å². The Labute approximate surface area is 185 Å². The van der Waals surface area contributed by atoms with Gasteiger partial charge in [-0.15, -0.1) is 0 Å². The largest absolute Gasteiger partial charge is 0.469 e. The van der Waals surface area contributed by atoms with Crippen molar-refractivity contribution in [3.05, 3.63) is 24.2 Å². The Kier molecular flexibility index (Phi) is 10.1. The van der Waals surface area contributed by atoms with Gasteiger partial charge in [-0.05, 0) is 31.4 Å². The van der Waals surface area contributed by atoms with Crippen molar-refractivity contribution < 1.29 is 13.9 Å². The van der Waals surface area contributed by atoms with Gasteiger partial charge in [0.1, 0.15) is 5.76 Å². The lowest BCUT2D eigenvalue weighted by molar-refractivity contribution is -0.122. The summed E-state index contributed by atoms with van der Waals surface area (Å²) < 4.78 is 10.8. The molecule has 3 N–H and O–H groups in total. The molecule has 1 amide bonds. The maximum Gasteiger partial charge on any atom is 0.233 e. The van der Waals surface area contributed by atoms with Crippen LogP contribution in [-0.4, -0.2) is 100 Å². The maximum absolute atomic E-state index is 11.6. The Bertz CT molecular complexity index is 652. The summed E-state index contributed by atoms with van der Waals surface area (Å²) in [5.74, 6) is 1.92. The summed E-state index contributed by atoms with van der Waals surface area (Å²) in [5.41, 5.74) is 0. The van der Waals surface area contributed by atoms with E-state index < -0.39 is 0 Å². The van der Waals surface area contributed by atoms with Crippen molar-refractivity contribution >= 4 is 11.9 Å². The molecule has 2 saturated heterocycles. The van der Waals surface area contributed by atoms with Crippen molar-refractivity contribution in [1.29, 1.82) is 0 Å². The van der Waals surface area contributed by atoms with E-state index >= 15 is 0 Å². The molecule has 31 heavy (non-hydrogen) atoms. The van der Waals surface area contributed by atoms with Gasteiger partial charge in [0.15, 0.2) is 5.96 Å². The van der Waals surface area contributed by atoms with E-state index in [4.69, 9.17) is 14.1 Å². The van der Waals surface area contributed by atoms with E-state index in [9.17, 15) is 4.79 Å². The first-order valence-electron chi connectivity index (χ1n) is 11.5. The number of hydrogen-bond donors (Lipinski definition) is 3. The fourth-order valence-corrected chi connectivity index (χ4v) is 3.93. The van der Waals surface area contributed by atoms with Crippen molar-refractivity contribution in [2.24, 2.45) is 4.99 Å². The lowest BCUT2D eigenvalue weighted by Crippen LogP contribution is -2.50. The Morgan fingerprint density at radius 1 is 1.19 bits per heavy atom. The molecule has 1 aromatic heterocycles. The van der Waals surface area contributed by atoms with E-state index in [0.717, 1.165) is 96.4 Å². The molecule has 0 aromatic carbocycles. The van der Waals surface area contributed by atoms with Crippen LogP contribution in [0.4, 0.5) is 0 Å². The van der Waals surface area contributed by atoms with E-state index in [1.165, 1.54) is 0 Å². The lowest BCUT2D eigenvalue weighted by atomic mass is 10.1. The van der Waals surface area contributed by atoms with Crippen LogP contribution in [0.1, 0.15) is 25.0 Å². The summed E-state index contributed by atoms with van der Waals surface area (Å²) in [5, 5.41) is 9.77. The predicted octanol–water partition coefficient (Wildman–Crippen LogP) is 0.290. The van der Waals surface area contributed by atoms with E-state index in [0.29, 0.717) is 12.6 Å². The van der Waals surface area contributed by atoms with Gasteiger partial charge < -0.3 is 25.1 Å². The topological polar surface area (TPSA) is 94.4 Å². The number of nitrogens with zero attached hydrogens (tertiary/aromatic N) is 3. The molecule has 9 heteroatoms. The van der Waals surface area contributed by atoms with Crippen LogP contribution >= 0.6 is 0 Å². The summed E-state index contributed by atoms with van der Waals surface area (Å²) in [6, 6.07) is 4.28. The first-order chi connectivity index (χ1) is 15.2. The fraction of sp³-hybridized carbons (Fsp3) is 0.727. The minimum atomic E-state index is 0.0773. The highest BCUT2D eigenvalue weighted by atomic mass is 16.5. The molecule has 0 atom stereocenters. The number of piperidine rings is 1. The van der Waals surface area contributed by atoms with Gasteiger partial charge in [-0.2, -0.15) is 0 Å². The van der Waals surface area contributed by atoms with Crippen LogP contribution in [0.5, 0.6) is 0 Å². The standard InChI is InChI=1S/C22H38N6O3/c1-23-21(29)18-28-11-6-19(7-12-28)26-22(25-9-5-20-4-2-15-31-20)24-8-3-10-27-13-16-30-17-14-27/h2,4,15,19H,3,5-14,16-18H2,1H3,(H,23,29)(H2,24,25,26). The van der Waals surface area contributed by atoms with Gasteiger partial charge in [0.25, 0.3) is 0 Å². The number of likely N-dealkylation sites (N-methyl/N-ethyl adjacent to an activating group) is 1. The third-order valence-electron chi connectivity index (χ3n) is 5.82. The third kappa shape index (κ3) is 8.88. The summed E-state index contributed by atoms with van der Waals surface area (Å²) >= 11 is 0. The Morgan fingerprint density at radius 3 is 2.71 bits per heavy atom. The first-order valence-corrected chi connectivity index (χ1v) is 11.5. The second-order valence-corrected chi connectivity index (χ2v) is 8.16. The number of carbonyl (C=O) groups excluding carboxylic acids is 1. The third-order valence-corrected chi connectivity index (χ3v) is 5.82. The Morgan fingerprint density at radius 2 is 2.00 bits per heavy atom. The molecular weight excluding hydrogens is 396 g/mol. The fourth-order valence-electron chi connectivity index (χ4n) is 3.93. The average Bonchev–Trinajstić information content (AvgIpc) is 3.32. The van der Waals surface area contributed by atoms with E-state index in [-0.39, 0.29) is 5.91 Å². The Balaban J connectivity index is 1.43. The van der Waals surface area contributed by atoms with Crippen LogP contribution in [0.25, 0.3) is 0 Å². The van der Waals surface area contributed by atoms with Crippen molar-refractivity contribution in [2.75, 3.05) is 72.6 Å². The van der Waals surface area contributed by atoms with Crippen molar-refractivity contribution in [2.45, 2.75) is 31.7 Å². The molecule has 0 bridgehead atoms. The molecule has 0 spiro atoms. The molecule has 1 aromatic rings. The number of nitrogens with one attached hydrogen (secondary N) is 3. The van der Waals surface area contributed by atoms with Gasteiger partial charge in [0, 0.05) is 65.3 Å². The number of morpholine rings is 1. The first kappa shape index (κ1) is 23.6. The summed E-state index contributed by atoms with van der Waals surface area (Å²) in [4.78, 5) is 21.1. The molecule has 2 aliphatic rings. The highest BCUT2D eigenvalue weighted by molar-refractivity contribution is 5.80. The van der Waals surface area contributed by atoms with Crippen molar-refractivity contribution in [3.8, 4) is 0 Å². The number of furan rings is 1. The minimum absolute atomic E-state index is 0.0773. The smallest absolute Gasteiger partial charge is 0.233 e. The molecule has 2 fully saturated rings. The molecule has 9 nitrogen and oxygen atoms in total. The molecular formula is C22H38N6O3. The number of ether oxygens (including phenoxy) is 1. The number of hydrogen-bond acceptors (Lipinski definition) is 6. The second kappa shape index (κ2) is 13.3. The maximum atomic E-state index is 11.6. The summed E-state index contributed by atoms with van der Waals surface area (Å²) in [6.07, 6.45) is 5.58. The van der Waals surface area contributed by atoms with Crippen LogP contribution in [0.15, 0.2) is 27.8 Å². The number of carbonyl (C=O) groups is 1. The number of aliphatic imine (C=N–C) groups is 1. The molecule has 2 aliphatic heterocycles. The van der Waals surface area contributed by atoms with Crippen LogP contribution in [-0.2, 0) is 16.0 Å². The highest BCUT2D eigenvalue weighted by Gasteiger charge is 2.21. The minimum Gasteiger partial charge on any atom is -0.469 e. The van der Waals surface area contributed by atoms with Crippen molar-refractivity contribution in [1.82, 2.24) is 25.8 Å². The second-order valence-electron chi connectivity index (χ2n) is 8.16. The zero-order valence-electron chi connectivity index (χ0n) is 18.8. The molecule has 3 rings (SSSR count). The van der Waals surface area contributed by atoms with Gasteiger partial charge in [-0.1, -0.05) is 0 Å². The lowest BCUT2D eigenvalue weighted by Gasteiger charge is -2.32. The summed E-state index contributed by atoms with van der Waals surface area (Å²) in [6.45, 7) is 8.66. The quantitative estimate of drug-likeness (QED) is 0.277. The monoisotopic (exact) mass is 434 g/mol. The zero-order valence-corrected chi connectivity index (χ0v) is 18.8. The molecule has 0 saturated carbocycles. The Hall–Kier alpha value is -2.10. The van der Waals surface area contributed by atoms with Gasteiger partial charge in [-0.3, -0.25) is 19.6 Å².